The fourth-order valence-corrected chi connectivity index (χ4v) is 5.59. The Balaban J connectivity index is 1.42. The number of hydrogen-bond donors (Lipinski definition) is 1. The highest BCUT2D eigenvalue weighted by molar-refractivity contribution is 5.81. The Hall–Kier alpha value is -2.70. The van der Waals surface area contributed by atoms with Gasteiger partial charge in [0.2, 0.25) is 0 Å². The first-order chi connectivity index (χ1) is 18.4. The van der Waals surface area contributed by atoms with Crippen molar-refractivity contribution >= 4 is 12.3 Å². The Morgan fingerprint density at radius 1 is 1.00 bits per heavy atom. The maximum atomic E-state index is 13.8. The Kier molecular flexibility index (Phi) is 9.97. The monoisotopic (exact) mass is 521 g/mol. The largest absolute Gasteiger partial charge is 0.493 e. The molecule has 0 bridgehead atoms. The smallest absolute Gasteiger partial charge is 0.345 e. The summed E-state index contributed by atoms with van der Waals surface area (Å²) in [7, 11) is 4.19. The molecule has 2 aliphatic carbocycles. The number of benzene rings is 2. The highest BCUT2D eigenvalue weighted by Crippen LogP contribution is 2.41. The Labute approximate surface area is 228 Å². The number of carbonyl (C=O) groups excluding carboxylic acids is 1. The number of esters is 1. The van der Waals surface area contributed by atoms with Gasteiger partial charge in [0, 0.05) is 18.8 Å². The number of ether oxygens (including phenoxy) is 2. The zero-order chi connectivity index (χ0) is 26.8. The SMILES string of the molecule is C[N+](C)(/C=N/C(CC1CCC1)OC(=O)C(O)(c1ccccc1)C1CCCCC1)CCCOc1ccccc1. The van der Waals surface area contributed by atoms with Crippen LogP contribution in [0.5, 0.6) is 5.75 Å². The molecule has 0 heterocycles. The third-order valence-corrected chi connectivity index (χ3v) is 8.16. The van der Waals surface area contributed by atoms with Gasteiger partial charge in [-0.15, -0.1) is 0 Å². The van der Waals surface area contributed by atoms with Crippen molar-refractivity contribution in [3.05, 3.63) is 66.2 Å². The molecule has 206 valence electrons. The molecule has 2 aromatic rings. The topological polar surface area (TPSA) is 68.1 Å². The summed E-state index contributed by atoms with van der Waals surface area (Å²) < 4.78 is 12.5. The van der Waals surface area contributed by atoms with E-state index in [4.69, 9.17) is 14.5 Å². The van der Waals surface area contributed by atoms with Crippen LogP contribution in [0, 0.1) is 11.8 Å². The van der Waals surface area contributed by atoms with Crippen molar-refractivity contribution in [1.29, 1.82) is 0 Å². The van der Waals surface area contributed by atoms with Crippen LogP contribution in [0.3, 0.4) is 0 Å². The Morgan fingerprint density at radius 3 is 2.29 bits per heavy atom. The standard InChI is InChI=1S/C32H45N2O4/c1-34(2,22-13-23-37-29-20-10-5-11-21-29)25-33-30(24-26-14-12-15-26)38-31(35)32(36,27-16-6-3-7-17-27)28-18-8-4-9-19-28/h3,5-7,10-11,16-17,20-21,25-26,28,30,36H,4,8-9,12-15,18-19,22-24H2,1-2H3/q+1/b33-25+. The van der Waals surface area contributed by atoms with Crippen molar-refractivity contribution in [1.82, 2.24) is 0 Å². The molecule has 2 unspecified atom stereocenters. The number of aliphatic imine (C=N–C) groups is 1. The minimum Gasteiger partial charge on any atom is -0.493 e. The molecular weight excluding hydrogens is 476 g/mol. The Morgan fingerprint density at radius 2 is 1.66 bits per heavy atom. The van der Waals surface area contributed by atoms with Gasteiger partial charge in [0.1, 0.15) is 5.75 Å². The van der Waals surface area contributed by atoms with Gasteiger partial charge in [-0.25, -0.2) is 4.79 Å². The van der Waals surface area contributed by atoms with Crippen LogP contribution in [0.2, 0.25) is 0 Å². The molecule has 2 saturated carbocycles. The number of hydrogen-bond acceptors (Lipinski definition) is 5. The molecule has 2 atom stereocenters. The molecule has 4 rings (SSSR count). The van der Waals surface area contributed by atoms with Gasteiger partial charge < -0.3 is 14.6 Å². The van der Waals surface area contributed by atoms with Crippen LogP contribution in [0.1, 0.15) is 69.8 Å². The van der Waals surface area contributed by atoms with E-state index in [2.05, 4.69) is 14.1 Å². The molecule has 1 N–H and O–H groups in total. The van der Waals surface area contributed by atoms with E-state index in [1.807, 2.05) is 67.0 Å². The normalized spacial score (nSPS) is 19.4. The molecule has 6 heteroatoms. The van der Waals surface area contributed by atoms with E-state index >= 15 is 0 Å². The van der Waals surface area contributed by atoms with E-state index in [1.54, 1.807) is 0 Å². The third-order valence-electron chi connectivity index (χ3n) is 8.16. The van der Waals surface area contributed by atoms with E-state index in [-0.39, 0.29) is 5.92 Å². The van der Waals surface area contributed by atoms with Gasteiger partial charge in [-0.05, 0) is 36.5 Å². The maximum absolute atomic E-state index is 13.8. The molecule has 0 aliphatic heterocycles. The van der Waals surface area contributed by atoms with Crippen molar-refractivity contribution in [2.75, 3.05) is 27.2 Å². The van der Waals surface area contributed by atoms with Gasteiger partial charge in [-0.1, -0.05) is 87.1 Å². The van der Waals surface area contributed by atoms with Crippen molar-refractivity contribution in [3.8, 4) is 5.75 Å². The van der Waals surface area contributed by atoms with Crippen LogP contribution in [0.15, 0.2) is 65.7 Å². The molecule has 0 aromatic heterocycles. The number of aliphatic hydroxyl groups is 1. The number of carbonyl (C=O) groups is 1. The van der Waals surface area contributed by atoms with Crippen molar-refractivity contribution in [2.24, 2.45) is 16.8 Å². The van der Waals surface area contributed by atoms with E-state index in [9.17, 15) is 9.90 Å². The fraction of sp³-hybridized carbons (Fsp3) is 0.562. The molecule has 0 spiro atoms. The Bertz CT molecular complexity index is 1020. The predicted octanol–water partition coefficient (Wildman–Crippen LogP) is 6.09. The van der Waals surface area contributed by atoms with Crippen LogP contribution < -0.4 is 4.74 Å². The molecule has 0 saturated heterocycles. The average molecular weight is 522 g/mol. The lowest BCUT2D eigenvalue weighted by atomic mass is 9.73. The van der Waals surface area contributed by atoms with Crippen LogP contribution in [0.4, 0.5) is 0 Å². The van der Waals surface area contributed by atoms with Gasteiger partial charge in [0.05, 0.1) is 27.2 Å². The van der Waals surface area contributed by atoms with E-state index < -0.39 is 17.8 Å². The summed E-state index contributed by atoms with van der Waals surface area (Å²) in [6.45, 7) is 1.47. The lowest BCUT2D eigenvalue weighted by Gasteiger charge is -2.38. The van der Waals surface area contributed by atoms with E-state index in [0.29, 0.717) is 29.0 Å². The van der Waals surface area contributed by atoms with E-state index in [0.717, 1.165) is 63.7 Å². The van der Waals surface area contributed by atoms with Gasteiger partial charge >= 0.3 is 5.97 Å². The number of nitrogens with zero attached hydrogens (tertiary/aromatic N) is 2. The maximum Gasteiger partial charge on any atom is 0.345 e. The second-order valence-electron chi connectivity index (χ2n) is 11.6. The lowest BCUT2D eigenvalue weighted by Crippen LogP contribution is -2.46. The second kappa shape index (κ2) is 13.4. The summed E-state index contributed by atoms with van der Waals surface area (Å²) in [4.78, 5) is 18.6. The van der Waals surface area contributed by atoms with Crippen molar-refractivity contribution < 1.29 is 23.9 Å². The molecule has 2 fully saturated rings. The summed E-state index contributed by atoms with van der Waals surface area (Å²) in [5, 5.41) is 12.0. The van der Waals surface area contributed by atoms with Crippen LogP contribution >= 0.6 is 0 Å². The van der Waals surface area contributed by atoms with Crippen LogP contribution in [0.25, 0.3) is 0 Å². The van der Waals surface area contributed by atoms with Crippen LogP contribution in [-0.4, -0.2) is 55.4 Å². The highest BCUT2D eigenvalue weighted by atomic mass is 16.6. The quantitative estimate of drug-likeness (QED) is 0.114. The summed E-state index contributed by atoms with van der Waals surface area (Å²) >= 11 is 0. The van der Waals surface area contributed by atoms with Crippen molar-refractivity contribution in [3.63, 3.8) is 0 Å². The summed E-state index contributed by atoms with van der Waals surface area (Å²) in [6.07, 6.45) is 11.2. The lowest BCUT2D eigenvalue weighted by molar-refractivity contribution is -0.792. The first-order valence-electron chi connectivity index (χ1n) is 14.4. The zero-order valence-corrected chi connectivity index (χ0v) is 23.1. The zero-order valence-electron chi connectivity index (χ0n) is 23.1. The minimum atomic E-state index is -1.64. The number of quaternary nitrogens is 1. The molecule has 38 heavy (non-hydrogen) atoms. The van der Waals surface area contributed by atoms with E-state index in [1.165, 1.54) is 6.42 Å². The summed E-state index contributed by atoms with van der Waals surface area (Å²) in [5.74, 6) is 0.692. The summed E-state index contributed by atoms with van der Waals surface area (Å²) in [6, 6.07) is 19.2. The second-order valence-corrected chi connectivity index (χ2v) is 11.6. The highest BCUT2D eigenvalue weighted by Gasteiger charge is 2.48. The molecule has 0 amide bonds. The number of para-hydroxylation sites is 1. The van der Waals surface area contributed by atoms with Gasteiger partial charge in [0.15, 0.2) is 18.2 Å². The predicted molar refractivity (Wildman–Crippen MR) is 151 cm³/mol. The first-order valence-corrected chi connectivity index (χ1v) is 14.4. The van der Waals surface area contributed by atoms with Gasteiger partial charge in [-0.2, -0.15) is 4.99 Å². The van der Waals surface area contributed by atoms with Gasteiger partial charge in [-0.3, -0.25) is 4.48 Å². The molecule has 2 aliphatic rings. The molecular formula is C32H45N2O4+. The minimum absolute atomic E-state index is 0.142. The van der Waals surface area contributed by atoms with Crippen molar-refractivity contribution in [2.45, 2.75) is 76.0 Å². The molecule has 0 radical (unpaired) electrons. The number of rotatable bonds is 13. The van der Waals surface area contributed by atoms with Crippen LogP contribution in [-0.2, 0) is 15.1 Å². The summed E-state index contributed by atoms with van der Waals surface area (Å²) in [5.41, 5.74) is -1.02. The average Bonchev–Trinajstić information content (AvgIpc) is 2.92. The van der Waals surface area contributed by atoms with Gasteiger partial charge in [0.25, 0.3) is 0 Å². The fourth-order valence-electron chi connectivity index (χ4n) is 5.59. The molecule has 6 nitrogen and oxygen atoms in total. The first kappa shape index (κ1) is 28.3. The molecule has 2 aromatic carbocycles. The third kappa shape index (κ3) is 7.67.